The van der Waals surface area contributed by atoms with Crippen molar-refractivity contribution in [3.8, 4) is 0 Å². The molecule has 3 heteroatoms. The molecule has 1 saturated heterocycles. The van der Waals surface area contributed by atoms with Crippen molar-refractivity contribution < 1.29 is 0 Å². The molecule has 0 saturated carbocycles. The third-order valence-corrected chi connectivity index (χ3v) is 4.65. The van der Waals surface area contributed by atoms with Crippen LogP contribution in [0, 0.1) is 17.3 Å². The molecule has 0 radical (unpaired) electrons. The molecular formula is C18H39N3. The van der Waals surface area contributed by atoms with Crippen LogP contribution in [0.3, 0.4) is 0 Å². The largest absolute Gasteiger partial charge is 0.316 e. The van der Waals surface area contributed by atoms with Crippen LogP contribution >= 0.6 is 0 Å². The average molecular weight is 298 g/mol. The third kappa shape index (κ3) is 7.62. The van der Waals surface area contributed by atoms with E-state index in [1.165, 1.54) is 45.7 Å². The van der Waals surface area contributed by atoms with Crippen molar-refractivity contribution in [3.63, 3.8) is 0 Å². The highest BCUT2D eigenvalue weighted by Gasteiger charge is 2.27. The number of hydrogen-bond donors (Lipinski definition) is 1. The fourth-order valence-corrected chi connectivity index (χ4v) is 3.14. The molecule has 0 aliphatic carbocycles. The van der Waals surface area contributed by atoms with Gasteiger partial charge in [-0.15, -0.1) is 0 Å². The van der Waals surface area contributed by atoms with Gasteiger partial charge in [0.15, 0.2) is 0 Å². The Labute approximate surface area is 133 Å². The Morgan fingerprint density at radius 2 is 1.52 bits per heavy atom. The summed E-state index contributed by atoms with van der Waals surface area (Å²) in [7, 11) is 0. The van der Waals surface area contributed by atoms with E-state index in [0.29, 0.717) is 5.41 Å². The van der Waals surface area contributed by atoms with Gasteiger partial charge in [0.05, 0.1) is 0 Å². The second-order valence-corrected chi connectivity index (χ2v) is 8.16. The van der Waals surface area contributed by atoms with Crippen LogP contribution in [0.5, 0.6) is 0 Å². The summed E-state index contributed by atoms with van der Waals surface area (Å²) in [5.74, 6) is 1.53. The topological polar surface area (TPSA) is 18.5 Å². The summed E-state index contributed by atoms with van der Waals surface area (Å²) in [6.07, 6.45) is 1.25. The van der Waals surface area contributed by atoms with Gasteiger partial charge in [0.25, 0.3) is 0 Å². The Morgan fingerprint density at radius 1 is 0.952 bits per heavy atom. The van der Waals surface area contributed by atoms with Gasteiger partial charge < -0.3 is 15.1 Å². The van der Waals surface area contributed by atoms with Crippen molar-refractivity contribution in [2.45, 2.75) is 48.0 Å². The van der Waals surface area contributed by atoms with Crippen molar-refractivity contribution in [2.24, 2.45) is 17.3 Å². The molecule has 3 nitrogen and oxygen atoms in total. The highest BCUT2D eigenvalue weighted by molar-refractivity contribution is 4.83. The zero-order valence-electron chi connectivity index (χ0n) is 15.4. The molecule has 1 fully saturated rings. The lowest BCUT2D eigenvalue weighted by atomic mass is 9.86. The van der Waals surface area contributed by atoms with Gasteiger partial charge in [-0.1, -0.05) is 41.5 Å². The zero-order valence-corrected chi connectivity index (χ0v) is 15.4. The molecule has 21 heavy (non-hydrogen) atoms. The summed E-state index contributed by atoms with van der Waals surface area (Å²) in [4.78, 5) is 5.30. The average Bonchev–Trinajstić information content (AvgIpc) is 2.40. The molecule has 0 aromatic rings. The number of rotatable bonds is 9. The highest BCUT2D eigenvalue weighted by Crippen LogP contribution is 2.22. The maximum absolute atomic E-state index is 3.66. The number of nitrogens with one attached hydrogen (secondary N) is 1. The molecule has 0 bridgehead atoms. The molecule has 1 unspecified atom stereocenters. The smallest absolute Gasteiger partial charge is 0.0110 e. The van der Waals surface area contributed by atoms with E-state index in [-0.39, 0.29) is 0 Å². The van der Waals surface area contributed by atoms with E-state index in [1.54, 1.807) is 0 Å². The van der Waals surface area contributed by atoms with Gasteiger partial charge in [-0.25, -0.2) is 0 Å². The van der Waals surface area contributed by atoms with Crippen LogP contribution in [0.15, 0.2) is 0 Å². The van der Waals surface area contributed by atoms with Crippen molar-refractivity contribution in [2.75, 3.05) is 52.4 Å². The summed E-state index contributed by atoms with van der Waals surface area (Å²) < 4.78 is 0. The van der Waals surface area contributed by atoms with E-state index < -0.39 is 0 Å². The van der Waals surface area contributed by atoms with E-state index in [2.05, 4.69) is 56.7 Å². The van der Waals surface area contributed by atoms with Gasteiger partial charge >= 0.3 is 0 Å². The Balaban J connectivity index is 2.33. The SMILES string of the molecule is CCC(C)(CNCC(C)C)CN1CCN(CC(C)C)CC1. The van der Waals surface area contributed by atoms with E-state index in [4.69, 9.17) is 0 Å². The molecule has 1 aliphatic heterocycles. The molecule has 1 heterocycles. The lowest BCUT2D eigenvalue weighted by Crippen LogP contribution is -2.51. The minimum atomic E-state index is 0.412. The van der Waals surface area contributed by atoms with Gasteiger partial charge in [0.2, 0.25) is 0 Å². The molecule has 1 rings (SSSR count). The van der Waals surface area contributed by atoms with Gasteiger partial charge in [-0.05, 0) is 30.2 Å². The molecule has 126 valence electrons. The summed E-state index contributed by atoms with van der Waals surface area (Å²) in [5, 5.41) is 3.66. The van der Waals surface area contributed by atoms with E-state index in [1.807, 2.05) is 0 Å². The number of nitrogens with zero attached hydrogens (tertiary/aromatic N) is 2. The predicted octanol–water partition coefficient (Wildman–Crippen LogP) is 2.92. The standard InChI is InChI=1S/C18H39N3/c1-7-18(6,14-19-12-16(2)3)15-21-10-8-20(9-11-21)13-17(4)5/h16-17,19H,7-15H2,1-6H3. The Bertz CT molecular complexity index is 270. The third-order valence-electron chi connectivity index (χ3n) is 4.65. The quantitative estimate of drug-likeness (QED) is 0.706. The summed E-state index contributed by atoms with van der Waals surface area (Å²) in [6, 6.07) is 0. The molecule has 0 aromatic heterocycles. The number of hydrogen-bond acceptors (Lipinski definition) is 3. The van der Waals surface area contributed by atoms with Gasteiger partial charge in [-0.2, -0.15) is 0 Å². The molecule has 1 atom stereocenters. The Morgan fingerprint density at radius 3 is 2.00 bits per heavy atom. The zero-order chi connectivity index (χ0) is 15.9. The van der Waals surface area contributed by atoms with E-state index in [9.17, 15) is 0 Å². The monoisotopic (exact) mass is 297 g/mol. The van der Waals surface area contributed by atoms with Crippen LogP contribution in [-0.4, -0.2) is 62.2 Å². The van der Waals surface area contributed by atoms with Crippen molar-refractivity contribution in [1.29, 1.82) is 0 Å². The van der Waals surface area contributed by atoms with Crippen LogP contribution in [0.4, 0.5) is 0 Å². The fraction of sp³-hybridized carbons (Fsp3) is 1.00. The molecule has 1 aliphatic rings. The van der Waals surface area contributed by atoms with Gasteiger partial charge in [-0.3, -0.25) is 0 Å². The first-order valence-electron chi connectivity index (χ1n) is 9.00. The van der Waals surface area contributed by atoms with Crippen LogP contribution in [0.2, 0.25) is 0 Å². The Hall–Kier alpha value is -0.120. The van der Waals surface area contributed by atoms with Crippen molar-refractivity contribution >= 4 is 0 Å². The summed E-state index contributed by atoms with van der Waals surface area (Å²) >= 11 is 0. The first-order chi connectivity index (χ1) is 9.84. The first-order valence-corrected chi connectivity index (χ1v) is 9.00. The normalized spacial score (nSPS) is 21.1. The van der Waals surface area contributed by atoms with E-state index in [0.717, 1.165) is 24.9 Å². The van der Waals surface area contributed by atoms with Crippen LogP contribution < -0.4 is 5.32 Å². The molecule has 0 aromatic carbocycles. The van der Waals surface area contributed by atoms with Crippen LogP contribution in [-0.2, 0) is 0 Å². The van der Waals surface area contributed by atoms with Gasteiger partial charge in [0, 0.05) is 45.8 Å². The minimum Gasteiger partial charge on any atom is -0.316 e. The summed E-state index contributed by atoms with van der Waals surface area (Å²) in [5.41, 5.74) is 0.412. The molecule has 0 amide bonds. The maximum atomic E-state index is 3.66. The Kier molecular flexibility index (Phi) is 8.22. The van der Waals surface area contributed by atoms with Crippen LogP contribution in [0.1, 0.15) is 48.0 Å². The molecular weight excluding hydrogens is 258 g/mol. The lowest BCUT2D eigenvalue weighted by Gasteiger charge is -2.40. The predicted molar refractivity (Wildman–Crippen MR) is 93.8 cm³/mol. The van der Waals surface area contributed by atoms with E-state index >= 15 is 0 Å². The number of piperazine rings is 1. The highest BCUT2D eigenvalue weighted by atomic mass is 15.3. The summed E-state index contributed by atoms with van der Waals surface area (Å²) in [6.45, 7) is 23.8. The minimum absolute atomic E-state index is 0.412. The molecule has 1 N–H and O–H groups in total. The van der Waals surface area contributed by atoms with Crippen LogP contribution in [0.25, 0.3) is 0 Å². The van der Waals surface area contributed by atoms with Crippen molar-refractivity contribution in [3.05, 3.63) is 0 Å². The molecule has 0 spiro atoms. The second-order valence-electron chi connectivity index (χ2n) is 8.16. The fourth-order valence-electron chi connectivity index (χ4n) is 3.14. The first kappa shape index (κ1) is 18.9. The lowest BCUT2D eigenvalue weighted by molar-refractivity contribution is 0.0823. The van der Waals surface area contributed by atoms with Gasteiger partial charge in [0.1, 0.15) is 0 Å². The second kappa shape index (κ2) is 9.12. The van der Waals surface area contributed by atoms with Crippen molar-refractivity contribution in [1.82, 2.24) is 15.1 Å². The maximum Gasteiger partial charge on any atom is 0.0110 e.